The number of rotatable bonds is 5. The molecule has 1 aliphatic heterocycles. The predicted molar refractivity (Wildman–Crippen MR) is 132 cm³/mol. The Morgan fingerprint density at radius 3 is 2.83 bits per heavy atom. The van der Waals surface area contributed by atoms with Crippen LogP contribution < -0.4 is 16.0 Å². The fourth-order valence-corrected chi connectivity index (χ4v) is 5.40. The summed E-state index contributed by atoms with van der Waals surface area (Å²) in [6, 6.07) is 14.5. The van der Waals surface area contributed by atoms with Crippen molar-refractivity contribution >= 4 is 27.8 Å². The molecule has 0 saturated heterocycles. The van der Waals surface area contributed by atoms with Crippen molar-refractivity contribution in [2.45, 2.75) is 19.0 Å². The number of hydrogen-bond acceptors (Lipinski definition) is 8. The van der Waals surface area contributed by atoms with Gasteiger partial charge in [-0.05, 0) is 23.3 Å². The monoisotopic (exact) mass is 482 g/mol. The van der Waals surface area contributed by atoms with Crippen molar-refractivity contribution < 1.29 is 4.74 Å². The number of ether oxygens (including phenoxy) is 1. The quantitative estimate of drug-likeness (QED) is 0.430. The third-order valence-corrected chi connectivity index (χ3v) is 7.09. The average Bonchev–Trinajstić information content (AvgIpc) is 3.34. The maximum atomic E-state index is 13.7. The lowest BCUT2D eigenvalue weighted by atomic mass is 9.98. The van der Waals surface area contributed by atoms with Crippen LogP contribution in [0.25, 0.3) is 20.7 Å². The Balaban J connectivity index is 1.79. The summed E-state index contributed by atoms with van der Waals surface area (Å²) in [5.41, 5.74) is 1.87. The molecule has 0 unspecified atom stereocenters. The van der Waals surface area contributed by atoms with E-state index in [0.717, 1.165) is 11.1 Å². The Labute approximate surface area is 203 Å². The number of aryl methyl sites for hydroxylation is 1. The molecule has 0 spiro atoms. The molecule has 35 heavy (non-hydrogen) atoms. The van der Waals surface area contributed by atoms with Gasteiger partial charge in [0, 0.05) is 23.2 Å². The molecule has 0 aliphatic carbocycles. The van der Waals surface area contributed by atoms with Gasteiger partial charge in [-0.3, -0.25) is 14.4 Å². The number of pyridine rings is 1. The lowest BCUT2D eigenvalue weighted by molar-refractivity contribution is 0.413. The van der Waals surface area contributed by atoms with Crippen molar-refractivity contribution in [1.29, 1.82) is 10.5 Å². The molecule has 9 nitrogen and oxygen atoms in total. The highest BCUT2D eigenvalue weighted by molar-refractivity contribution is 7.22. The summed E-state index contributed by atoms with van der Waals surface area (Å²) in [6.45, 7) is 0.383. The van der Waals surface area contributed by atoms with Gasteiger partial charge in [-0.1, -0.05) is 24.3 Å². The average molecular weight is 483 g/mol. The first-order valence-electron chi connectivity index (χ1n) is 10.8. The molecule has 0 bridgehead atoms. The summed E-state index contributed by atoms with van der Waals surface area (Å²) in [4.78, 5) is 36.6. The third kappa shape index (κ3) is 3.70. The lowest BCUT2D eigenvalue weighted by Crippen LogP contribution is -2.43. The lowest BCUT2D eigenvalue weighted by Gasteiger charge is -2.23. The van der Waals surface area contributed by atoms with Gasteiger partial charge in [0.2, 0.25) is 0 Å². The van der Waals surface area contributed by atoms with Crippen molar-refractivity contribution in [3.63, 3.8) is 0 Å². The number of aliphatic imine (C=N–C) groups is 1. The second kappa shape index (κ2) is 9.01. The number of methoxy groups -OCH3 is 1. The molecular weight excluding hydrogens is 464 g/mol. The highest BCUT2D eigenvalue weighted by Gasteiger charge is 2.26. The van der Waals surface area contributed by atoms with Gasteiger partial charge in [0.05, 0.1) is 43.9 Å². The Morgan fingerprint density at radius 1 is 1.23 bits per heavy atom. The number of benzene rings is 1. The minimum atomic E-state index is -0.562. The second-order valence-electron chi connectivity index (χ2n) is 7.86. The molecule has 10 heteroatoms. The van der Waals surface area contributed by atoms with Crippen LogP contribution in [0.5, 0.6) is 5.75 Å². The second-order valence-corrected chi connectivity index (χ2v) is 8.92. The van der Waals surface area contributed by atoms with Gasteiger partial charge in [-0.2, -0.15) is 10.5 Å². The van der Waals surface area contributed by atoms with Crippen LogP contribution in [-0.2, 0) is 6.54 Å². The summed E-state index contributed by atoms with van der Waals surface area (Å²) < 4.78 is 8.32. The van der Waals surface area contributed by atoms with Crippen LogP contribution in [0.1, 0.15) is 29.3 Å². The Bertz CT molecular complexity index is 1700. The number of nitriles is 2. The summed E-state index contributed by atoms with van der Waals surface area (Å²) >= 11 is 1.18. The van der Waals surface area contributed by atoms with E-state index in [9.17, 15) is 20.1 Å². The molecule has 4 aromatic rings. The summed E-state index contributed by atoms with van der Waals surface area (Å²) in [6.07, 6.45) is 3.29. The molecule has 0 saturated carbocycles. The van der Waals surface area contributed by atoms with E-state index in [-0.39, 0.29) is 25.2 Å². The van der Waals surface area contributed by atoms with Gasteiger partial charge in [-0.25, -0.2) is 14.3 Å². The van der Waals surface area contributed by atoms with Gasteiger partial charge in [0.25, 0.3) is 5.56 Å². The predicted octanol–water partition coefficient (Wildman–Crippen LogP) is 3.10. The summed E-state index contributed by atoms with van der Waals surface area (Å²) in [5, 5.41) is 18.8. The van der Waals surface area contributed by atoms with E-state index in [4.69, 9.17) is 4.74 Å². The first-order valence-corrected chi connectivity index (χ1v) is 11.6. The van der Waals surface area contributed by atoms with Crippen molar-refractivity contribution in [3.05, 3.63) is 80.3 Å². The maximum absolute atomic E-state index is 13.7. The van der Waals surface area contributed by atoms with E-state index < -0.39 is 17.3 Å². The van der Waals surface area contributed by atoms with Crippen LogP contribution in [0.4, 0.5) is 0 Å². The zero-order chi connectivity index (χ0) is 24.5. The Morgan fingerprint density at radius 2 is 2.06 bits per heavy atom. The number of fused-ring (bicyclic) bond motifs is 2. The highest BCUT2D eigenvalue weighted by Crippen LogP contribution is 2.35. The largest absolute Gasteiger partial charge is 0.495 e. The van der Waals surface area contributed by atoms with Gasteiger partial charge in [0.1, 0.15) is 22.2 Å². The molecule has 4 heterocycles. The van der Waals surface area contributed by atoms with Gasteiger partial charge < -0.3 is 4.74 Å². The van der Waals surface area contributed by atoms with Crippen molar-refractivity contribution in [3.8, 4) is 28.3 Å². The Hall–Kier alpha value is -4.54. The Kier molecular flexibility index (Phi) is 5.73. The van der Waals surface area contributed by atoms with E-state index in [1.165, 1.54) is 33.8 Å². The molecule has 0 amide bonds. The fraction of sp³-hybridized carbons (Fsp3) is 0.200. The number of nitrogens with zero attached hydrogens (tertiary/aromatic N) is 6. The minimum Gasteiger partial charge on any atom is -0.495 e. The SMILES string of the molecule is COc1cnc(C#N)c(-c2cc3c(s2)c(=O)n([C@H]2CN=Cc4ccccc42)c(=O)n3CCC#N)c1. The topological polar surface area (TPSA) is 126 Å². The van der Waals surface area contributed by atoms with Crippen LogP contribution >= 0.6 is 11.3 Å². The molecule has 1 aliphatic rings. The van der Waals surface area contributed by atoms with Crippen LogP contribution in [0, 0.1) is 22.7 Å². The molecule has 5 rings (SSSR count). The summed E-state index contributed by atoms with van der Waals surface area (Å²) in [7, 11) is 1.50. The molecule has 3 aromatic heterocycles. The van der Waals surface area contributed by atoms with E-state index in [0.29, 0.717) is 26.4 Å². The maximum Gasteiger partial charge on any atom is 0.332 e. The van der Waals surface area contributed by atoms with E-state index in [2.05, 4.69) is 22.1 Å². The van der Waals surface area contributed by atoms with E-state index in [1.54, 1.807) is 18.3 Å². The number of hydrogen-bond donors (Lipinski definition) is 0. The van der Waals surface area contributed by atoms with Crippen molar-refractivity contribution in [1.82, 2.24) is 14.1 Å². The molecule has 0 N–H and O–H groups in total. The van der Waals surface area contributed by atoms with Crippen LogP contribution in [0.15, 0.2) is 57.2 Å². The number of aromatic nitrogens is 3. The first kappa shape index (κ1) is 22.3. The summed E-state index contributed by atoms with van der Waals surface area (Å²) in [5.74, 6) is 0.465. The normalized spacial score (nSPS) is 14.3. The highest BCUT2D eigenvalue weighted by atomic mass is 32.1. The van der Waals surface area contributed by atoms with Crippen LogP contribution in [0.3, 0.4) is 0 Å². The molecule has 1 aromatic carbocycles. The number of thiophene rings is 1. The zero-order valence-corrected chi connectivity index (χ0v) is 19.5. The third-order valence-electron chi connectivity index (χ3n) is 5.95. The van der Waals surface area contributed by atoms with Crippen LogP contribution in [-0.4, -0.2) is 34.0 Å². The smallest absolute Gasteiger partial charge is 0.332 e. The molecule has 0 fully saturated rings. The van der Waals surface area contributed by atoms with E-state index >= 15 is 0 Å². The van der Waals surface area contributed by atoms with Gasteiger partial charge in [-0.15, -0.1) is 11.3 Å². The van der Waals surface area contributed by atoms with Crippen molar-refractivity contribution in [2.24, 2.45) is 4.99 Å². The van der Waals surface area contributed by atoms with Gasteiger partial charge >= 0.3 is 5.69 Å². The minimum absolute atomic E-state index is 0.0992. The van der Waals surface area contributed by atoms with Gasteiger partial charge in [0.15, 0.2) is 0 Å². The molecular formula is C25H18N6O3S. The standard InChI is InChI=1S/C25H18N6O3S/c1-34-16-9-18(19(11-27)29-13-16)22-10-20-23(35-22)24(32)31(25(33)30(20)8-4-7-26)21-14-28-12-15-5-2-3-6-17(15)21/h2-3,5-6,9-10,12-13,21H,4,8,14H2,1H3/t21-/m0/s1. The van der Waals surface area contributed by atoms with E-state index in [1.807, 2.05) is 24.3 Å². The molecule has 172 valence electrons. The van der Waals surface area contributed by atoms with Crippen molar-refractivity contribution in [2.75, 3.05) is 13.7 Å². The van der Waals surface area contributed by atoms with Crippen LogP contribution in [0.2, 0.25) is 0 Å². The molecule has 0 radical (unpaired) electrons. The molecule has 1 atom stereocenters. The first-order chi connectivity index (χ1) is 17.1. The zero-order valence-electron chi connectivity index (χ0n) is 18.6. The fourth-order valence-electron chi connectivity index (χ4n) is 4.29.